The number of aliphatic hydroxyl groups excluding tert-OH is 1. The second-order valence-corrected chi connectivity index (χ2v) is 7.43. The van der Waals surface area contributed by atoms with E-state index in [1.54, 1.807) is 60.7 Å². The molecular weight excluding hydrogens is 422 g/mol. The number of thiocarbonyl (C=S) groups is 1. The number of Topliss-reactive ketones (excluding diaryl/α,β-unsaturated/α-hetero) is 1. The molecule has 0 spiro atoms. The van der Waals surface area contributed by atoms with Crippen molar-refractivity contribution in [2.75, 3.05) is 5.32 Å². The zero-order valence-corrected chi connectivity index (χ0v) is 17.7. The maximum absolute atomic E-state index is 13.1. The van der Waals surface area contributed by atoms with Crippen LogP contribution in [0, 0.1) is 0 Å². The predicted octanol–water partition coefficient (Wildman–Crippen LogP) is 4.48. The number of carbonyl (C=O) groups is 2. The minimum absolute atomic E-state index is 0.0113. The van der Waals surface area contributed by atoms with E-state index in [0.717, 1.165) is 5.56 Å². The Kier molecular flexibility index (Phi) is 6.19. The number of aliphatic hydroxyl groups is 1. The second kappa shape index (κ2) is 9.36. The largest absolute Gasteiger partial charge is 0.506 e. The fraction of sp³-hybridized carbons (Fsp3) is 0.0400. The highest BCUT2D eigenvalue weighted by atomic mass is 32.1. The number of amides is 1. The fourth-order valence-corrected chi connectivity index (χ4v) is 3.53. The van der Waals surface area contributed by atoms with Gasteiger partial charge in [-0.25, -0.2) is 4.99 Å². The summed E-state index contributed by atoms with van der Waals surface area (Å²) in [5.74, 6) is -0.857. The number of hydrogen-bond acceptors (Lipinski definition) is 4. The number of nitrogens with one attached hydrogen (secondary N) is 2. The van der Waals surface area contributed by atoms with Crippen LogP contribution in [0.15, 0.2) is 95.5 Å². The van der Waals surface area contributed by atoms with Crippen LogP contribution in [0.1, 0.15) is 27.5 Å². The summed E-state index contributed by atoms with van der Waals surface area (Å²) in [6.07, 6.45) is 1.23. The van der Waals surface area contributed by atoms with Gasteiger partial charge in [0.15, 0.2) is 10.9 Å². The molecule has 1 unspecified atom stereocenters. The number of nitrogens with zero attached hydrogens (tertiary/aromatic N) is 1. The van der Waals surface area contributed by atoms with Crippen molar-refractivity contribution in [1.82, 2.24) is 5.32 Å². The number of anilines is 1. The minimum atomic E-state index is -0.684. The van der Waals surface area contributed by atoms with Gasteiger partial charge in [-0.1, -0.05) is 78.9 Å². The number of benzene rings is 3. The third-order valence-corrected chi connectivity index (χ3v) is 5.18. The molecule has 0 bridgehead atoms. The maximum atomic E-state index is 13.1. The van der Waals surface area contributed by atoms with Crippen molar-refractivity contribution in [2.45, 2.75) is 6.04 Å². The monoisotopic (exact) mass is 441 g/mol. The molecule has 1 amide bonds. The van der Waals surface area contributed by atoms with Gasteiger partial charge in [0.05, 0.1) is 5.57 Å². The van der Waals surface area contributed by atoms with Gasteiger partial charge in [-0.05, 0) is 18.3 Å². The Balaban J connectivity index is 1.62. The van der Waals surface area contributed by atoms with Gasteiger partial charge in [0.1, 0.15) is 11.8 Å². The molecule has 0 saturated heterocycles. The lowest BCUT2D eigenvalue weighted by molar-refractivity contribution is -0.117. The van der Waals surface area contributed by atoms with Crippen LogP contribution in [0.4, 0.5) is 5.69 Å². The summed E-state index contributed by atoms with van der Waals surface area (Å²) in [4.78, 5) is 29.6. The van der Waals surface area contributed by atoms with Crippen LogP contribution in [0.3, 0.4) is 0 Å². The third kappa shape index (κ3) is 4.48. The van der Waals surface area contributed by atoms with Crippen LogP contribution in [-0.4, -0.2) is 28.1 Å². The molecule has 1 aliphatic heterocycles. The van der Waals surface area contributed by atoms with Crippen molar-refractivity contribution in [3.8, 4) is 0 Å². The number of allylic oxidation sites excluding steroid dienone is 1. The topological polar surface area (TPSA) is 90.8 Å². The Morgan fingerprint density at radius 3 is 2.22 bits per heavy atom. The zero-order valence-electron chi connectivity index (χ0n) is 16.9. The van der Waals surface area contributed by atoms with Crippen molar-refractivity contribution >= 4 is 46.7 Å². The average Bonchev–Trinajstić information content (AvgIpc) is 3.15. The normalized spacial score (nSPS) is 15.6. The molecule has 7 heteroatoms. The quantitative estimate of drug-likeness (QED) is 0.179. The molecule has 1 atom stereocenters. The molecule has 32 heavy (non-hydrogen) atoms. The number of fused-ring (bicyclic) bond motifs is 1. The summed E-state index contributed by atoms with van der Waals surface area (Å²) in [6.45, 7) is 0. The summed E-state index contributed by atoms with van der Waals surface area (Å²) >= 11 is 5.29. The van der Waals surface area contributed by atoms with Crippen molar-refractivity contribution in [1.29, 1.82) is 0 Å². The van der Waals surface area contributed by atoms with Gasteiger partial charge < -0.3 is 15.7 Å². The van der Waals surface area contributed by atoms with E-state index in [9.17, 15) is 14.7 Å². The summed E-state index contributed by atoms with van der Waals surface area (Å²) in [5.41, 5.74) is 2.34. The van der Waals surface area contributed by atoms with E-state index < -0.39 is 11.8 Å². The number of carbonyl (C=O) groups excluding carboxylic acids is 2. The number of para-hydroxylation sites is 1. The van der Waals surface area contributed by atoms with E-state index in [0.29, 0.717) is 16.8 Å². The average molecular weight is 442 g/mol. The highest BCUT2D eigenvalue weighted by Crippen LogP contribution is 2.30. The van der Waals surface area contributed by atoms with E-state index in [1.165, 1.54) is 6.21 Å². The van der Waals surface area contributed by atoms with Crippen LogP contribution in [0.25, 0.3) is 5.76 Å². The van der Waals surface area contributed by atoms with Crippen LogP contribution in [0.5, 0.6) is 0 Å². The Morgan fingerprint density at radius 2 is 1.53 bits per heavy atom. The van der Waals surface area contributed by atoms with Gasteiger partial charge in [-0.3, -0.25) is 9.59 Å². The molecule has 3 aromatic rings. The maximum Gasteiger partial charge on any atom is 0.251 e. The molecule has 158 valence electrons. The molecule has 0 radical (unpaired) electrons. The van der Waals surface area contributed by atoms with E-state index >= 15 is 0 Å². The van der Waals surface area contributed by atoms with Crippen LogP contribution >= 0.6 is 12.2 Å². The highest BCUT2D eigenvalue weighted by Gasteiger charge is 2.30. The molecule has 0 fully saturated rings. The smallest absolute Gasteiger partial charge is 0.251 e. The molecule has 0 aliphatic carbocycles. The van der Waals surface area contributed by atoms with E-state index in [2.05, 4.69) is 15.6 Å². The van der Waals surface area contributed by atoms with Gasteiger partial charge in [-0.2, -0.15) is 0 Å². The Labute approximate surface area is 190 Å². The lowest BCUT2D eigenvalue weighted by Crippen LogP contribution is -2.31. The van der Waals surface area contributed by atoms with Crippen molar-refractivity contribution in [2.24, 2.45) is 4.99 Å². The first kappa shape index (κ1) is 21.1. The molecule has 0 aromatic heterocycles. The first-order valence-electron chi connectivity index (χ1n) is 9.87. The van der Waals surface area contributed by atoms with E-state index in [1.807, 2.05) is 24.3 Å². The summed E-state index contributed by atoms with van der Waals surface area (Å²) < 4.78 is 0. The second-order valence-electron chi connectivity index (χ2n) is 7.04. The Bertz CT molecular complexity index is 1240. The summed E-state index contributed by atoms with van der Waals surface area (Å²) in [5, 5.41) is 16.5. The third-order valence-electron chi connectivity index (χ3n) is 4.95. The van der Waals surface area contributed by atoms with Gasteiger partial charge in [0.25, 0.3) is 5.91 Å². The SMILES string of the molecule is O=C(C(/C=N/C(=S)NC1C(=O)Nc2ccccc21)=C(/O)c1ccccc1)c1ccccc1. The molecule has 1 heterocycles. The Hall–Kier alpha value is -4.10. The van der Waals surface area contributed by atoms with Gasteiger partial charge in [0.2, 0.25) is 0 Å². The number of rotatable bonds is 5. The fourth-order valence-electron chi connectivity index (χ4n) is 3.36. The van der Waals surface area contributed by atoms with Crippen LogP contribution < -0.4 is 10.6 Å². The lowest BCUT2D eigenvalue weighted by Gasteiger charge is -2.11. The van der Waals surface area contributed by atoms with Gasteiger partial charge >= 0.3 is 0 Å². The van der Waals surface area contributed by atoms with Gasteiger partial charge in [-0.15, -0.1) is 0 Å². The molecule has 0 saturated carbocycles. The number of ketones is 1. The number of hydrogen-bond donors (Lipinski definition) is 3. The Morgan fingerprint density at radius 1 is 0.938 bits per heavy atom. The minimum Gasteiger partial charge on any atom is -0.506 e. The molecular formula is C25H19N3O3S. The molecule has 1 aliphatic rings. The van der Waals surface area contributed by atoms with Crippen molar-refractivity contribution in [3.05, 3.63) is 107 Å². The van der Waals surface area contributed by atoms with Crippen molar-refractivity contribution in [3.63, 3.8) is 0 Å². The summed E-state index contributed by atoms with van der Waals surface area (Å²) in [6, 6.07) is 23.9. The van der Waals surface area contributed by atoms with E-state index in [-0.39, 0.29) is 22.4 Å². The van der Waals surface area contributed by atoms with Crippen molar-refractivity contribution < 1.29 is 14.7 Å². The lowest BCUT2D eigenvalue weighted by atomic mass is 10.0. The predicted molar refractivity (Wildman–Crippen MR) is 129 cm³/mol. The molecule has 4 rings (SSSR count). The highest BCUT2D eigenvalue weighted by molar-refractivity contribution is 7.80. The van der Waals surface area contributed by atoms with Crippen LogP contribution in [-0.2, 0) is 4.79 Å². The first-order chi connectivity index (χ1) is 15.5. The molecule has 3 N–H and O–H groups in total. The summed E-state index contributed by atoms with van der Waals surface area (Å²) in [7, 11) is 0. The molecule has 3 aromatic carbocycles. The van der Waals surface area contributed by atoms with E-state index in [4.69, 9.17) is 12.2 Å². The van der Waals surface area contributed by atoms with Crippen LogP contribution in [0.2, 0.25) is 0 Å². The van der Waals surface area contributed by atoms with Gasteiger partial charge in [0, 0.05) is 28.6 Å². The standard InChI is InChI=1S/C25H19N3O3S/c29-22(16-9-3-1-4-10-16)19(23(30)17-11-5-2-6-12-17)15-26-25(32)28-21-18-13-7-8-14-20(18)27-24(21)31/h1-15,21,29H,(H,27,31)(H,28,32)/b22-19+,26-15+. The first-order valence-corrected chi connectivity index (χ1v) is 10.3. The number of aliphatic imine (C=N–C) groups is 1. The molecule has 6 nitrogen and oxygen atoms in total. The zero-order chi connectivity index (χ0) is 22.5.